The Kier molecular flexibility index (Phi) is 2.81. The summed E-state index contributed by atoms with van der Waals surface area (Å²) < 4.78 is 0. The van der Waals surface area contributed by atoms with E-state index < -0.39 is 5.60 Å². The third-order valence-corrected chi connectivity index (χ3v) is 4.80. The zero-order chi connectivity index (χ0) is 12.8. The van der Waals surface area contributed by atoms with Crippen LogP contribution in [0.25, 0.3) is 0 Å². The second kappa shape index (κ2) is 3.81. The summed E-state index contributed by atoms with van der Waals surface area (Å²) in [6, 6.07) is 0. The molecular formula is C15H22O2. The van der Waals surface area contributed by atoms with Crippen molar-refractivity contribution in [3.05, 3.63) is 23.8 Å². The van der Waals surface area contributed by atoms with E-state index in [1.165, 1.54) is 0 Å². The minimum atomic E-state index is -0.736. The van der Waals surface area contributed by atoms with Crippen molar-refractivity contribution < 1.29 is 9.90 Å². The molecular weight excluding hydrogens is 212 g/mol. The molecule has 0 saturated heterocycles. The van der Waals surface area contributed by atoms with Crippen LogP contribution in [0.5, 0.6) is 0 Å². The van der Waals surface area contributed by atoms with Crippen LogP contribution in [0.3, 0.4) is 0 Å². The van der Waals surface area contributed by atoms with Gasteiger partial charge in [0.05, 0.1) is 5.60 Å². The SMILES string of the molecule is C=C(C)[C@@]1(O)CC[C@]2(C)CC(=O)C=C(C)[C@H]2C1. The van der Waals surface area contributed by atoms with Crippen molar-refractivity contribution in [1.29, 1.82) is 0 Å². The van der Waals surface area contributed by atoms with Gasteiger partial charge in [-0.1, -0.05) is 19.1 Å². The van der Waals surface area contributed by atoms with Crippen molar-refractivity contribution in [2.75, 3.05) is 0 Å². The predicted molar refractivity (Wildman–Crippen MR) is 68.6 cm³/mol. The Bertz CT molecular complexity index is 407. The molecule has 0 bridgehead atoms. The lowest BCUT2D eigenvalue weighted by Crippen LogP contribution is -2.47. The van der Waals surface area contributed by atoms with Gasteiger partial charge in [-0.15, -0.1) is 0 Å². The van der Waals surface area contributed by atoms with Gasteiger partial charge in [-0.25, -0.2) is 0 Å². The van der Waals surface area contributed by atoms with Crippen molar-refractivity contribution in [3.63, 3.8) is 0 Å². The summed E-state index contributed by atoms with van der Waals surface area (Å²) >= 11 is 0. The van der Waals surface area contributed by atoms with E-state index in [0.29, 0.717) is 18.8 Å². The van der Waals surface area contributed by atoms with E-state index in [4.69, 9.17) is 0 Å². The highest BCUT2D eigenvalue weighted by Gasteiger charge is 2.49. The van der Waals surface area contributed by atoms with Crippen LogP contribution in [0.15, 0.2) is 23.8 Å². The van der Waals surface area contributed by atoms with E-state index in [1.807, 2.05) is 13.8 Å². The molecule has 2 nitrogen and oxygen atoms in total. The molecule has 0 heterocycles. The molecule has 0 aromatic rings. The van der Waals surface area contributed by atoms with Gasteiger partial charge in [0.1, 0.15) is 0 Å². The van der Waals surface area contributed by atoms with Crippen LogP contribution in [0.4, 0.5) is 0 Å². The first-order chi connectivity index (χ1) is 7.77. The van der Waals surface area contributed by atoms with Gasteiger partial charge in [0, 0.05) is 6.42 Å². The van der Waals surface area contributed by atoms with Crippen LogP contribution < -0.4 is 0 Å². The maximum atomic E-state index is 11.7. The first-order valence-electron chi connectivity index (χ1n) is 6.36. The highest BCUT2D eigenvalue weighted by atomic mass is 16.3. The number of carbonyl (C=O) groups excluding carboxylic acids is 1. The first kappa shape index (κ1) is 12.6. The van der Waals surface area contributed by atoms with Crippen molar-refractivity contribution in [2.24, 2.45) is 11.3 Å². The lowest BCUT2D eigenvalue weighted by atomic mass is 9.56. The molecule has 0 radical (unpaired) electrons. The Morgan fingerprint density at radius 2 is 2.18 bits per heavy atom. The molecule has 0 spiro atoms. The zero-order valence-electron chi connectivity index (χ0n) is 11.0. The fourth-order valence-corrected chi connectivity index (χ4v) is 3.47. The van der Waals surface area contributed by atoms with E-state index in [2.05, 4.69) is 13.5 Å². The van der Waals surface area contributed by atoms with Gasteiger partial charge in [-0.05, 0) is 56.1 Å². The third-order valence-electron chi connectivity index (χ3n) is 4.80. The molecule has 2 aliphatic rings. The van der Waals surface area contributed by atoms with Crippen molar-refractivity contribution in [3.8, 4) is 0 Å². The van der Waals surface area contributed by atoms with Crippen molar-refractivity contribution in [1.82, 2.24) is 0 Å². The van der Waals surface area contributed by atoms with Crippen LogP contribution in [0, 0.1) is 11.3 Å². The minimum absolute atomic E-state index is 0.0393. The van der Waals surface area contributed by atoms with Crippen LogP contribution >= 0.6 is 0 Å². The Morgan fingerprint density at radius 3 is 2.76 bits per heavy atom. The largest absolute Gasteiger partial charge is 0.386 e. The number of rotatable bonds is 1. The van der Waals surface area contributed by atoms with E-state index in [1.54, 1.807) is 6.08 Å². The Morgan fingerprint density at radius 1 is 1.53 bits per heavy atom. The van der Waals surface area contributed by atoms with Crippen LogP contribution in [0.1, 0.15) is 46.5 Å². The van der Waals surface area contributed by atoms with Gasteiger partial charge >= 0.3 is 0 Å². The summed E-state index contributed by atoms with van der Waals surface area (Å²) in [5.41, 5.74) is 1.28. The van der Waals surface area contributed by atoms with Crippen LogP contribution in [-0.4, -0.2) is 16.5 Å². The highest BCUT2D eigenvalue weighted by molar-refractivity contribution is 5.92. The first-order valence-corrected chi connectivity index (χ1v) is 6.36. The van der Waals surface area contributed by atoms with E-state index in [9.17, 15) is 9.90 Å². The molecule has 2 rings (SSSR count). The van der Waals surface area contributed by atoms with Crippen LogP contribution in [0.2, 0.25) is 0 Å². The molecule has 0 unspecified atom stereocenters. The fourth-order valence-electron chi connectivity index (χ4n) is 3.47. The van der Waals surface area contributed by atoms with Gasteiger partial charge in [0.2, 0.25) is 0 Å². The summed E-state index contributed by atoms with van der Waals surface area (Å²) in [5.74, 6) is 0.553. The number of allylic oxidation sites excluding steroid dienone is 2. The molecule has 17 heavy (non-hydrogen) atoms. The molecule has 0 aromatic heterocycles. The van der Waals surface area contributed by atoms with Gasteiger partial charge in [-0.3, -0.25) is 4.79 Å². The monoisotopic (exact) mass is 234 g/mol. The highest BCUT2D eigenvalue weighted by Crippen LogP contribution is 2.53. The predicted octanol–water partition coefficient (Wildman–Crippen LogP) is 3.02. The molecule has 3 atom stereocenters. The number of hydrogen-bond donors (Lipinski definition) is 1. The molecule has 1 saturated carbocycles. The number of ketones is 1. The standard InChI is InChI=1S/C15H22O2/c1-10(2)15(17)6-5-14(4)8-12(16)7-11(3)13(14)9-15/h7,13,17H,1,5-6,8-9H2,2-4H3/t13-,14-,15-/m1/s1. The number of aliphatic hydroxyl groups is 1. The summed E-state index contributed by atoms with van der Waals surface area (Å²) in [4.78, 5) is 11.7. The van der Waals surface area contributed by atoms with Crippen LogP contribution in [-0.2, 0) is 4.79 Å². The smallest absolute Gasteiger partial charge is 0.156 e. The number of hydrogen-bond acceptors (Lipinski definition) is 2. The number of fused-ring (bicyclic) bond motifs is 1. The molecule has 94 valence electrons. The fraction of sp³-hybridized carbons (Fsp3) is 0.667. The quantitative estimate of drug-likeness (QED) is 0.708. The Hall–Kier alpha value is -0.890. The Balaban J connectivity index is 2.33. The van der Waals surface area contributed by atoms with E-state index >= 15 is 0 Å². The molecule has 0 aliphatic heterocycles. The van der Waals surface area contributed by atoms with Gasteiger partial charge in [0.15, 0.2) is 5.78 Å². The zero-order valence-corrected chi connectivity index (χ0v) is 11.0. The van der Waals surface area contributed by atoms with E-state index in [-0.39, 0.29) is 11.2 Å². The molecule has 0 aromatic carbocycles. The lowest BCUT2D eigenvalue weighted by molar-refractivity contribution is -0.121. The molecule has 1 N–H and O–H groups in total. The molecule has 2 heteroatoms. The lowest BCUT2D eigenvalue weighted by Gasteiger charge is -2.50. The summed E-state index contributed by atoms with van der Waals surface area (Å²) in [6.07, 6.45) is 4.74. The molecule has 1 fully saturated rings. The average molecular weight is 234 g/mol. The molecule has 2 aliphatic carbocycles. The van der Waals surface area contributed by atoms with Gasteiger partial charge in [-0.2, -0.15) is 0 Å². The average Bonchev–Trinajstić information content (AvgIpc) is 2.20. The maximum absolute atomic E-state index is 11.7. The van der Waals surface area contributed by atoms with Gasteiger partial charge < -0.3 is 5.11 Å². The molecule has 0 amide bonds. The maximum Gasteiger partial charge on any atom is 0.156 e. The Labute approximate surface area is 103 Å². The number of carbonyl (C=O) groups is 1. The third kappa shape index (κ3) is 1.99. The normalized spacial score (nSPS) is 41.8. The van der Waals surface area contributed by atoms with E-state index in [0.717, 1.165) is 24.0 Å². The van der Waals surface area contributed by atoms with Gasteiger partial charge in [0.25, 0.3) is 0 Å². The summed E-state index contributed by atoms with van der Waals surface area (Å²) in [6.45, 7) is 10.0. The second-order valence-corrected chi connectivity index (χ2v) is 6.25. The topological polar surface area (TPSA) is 37.3 Å². The second-order valence-electron chi connectivity index (χ2n) is 6.25. The van der Waals surface area contributed by atoms with Crippen molar-refractivity contribution in [2.45, 2.75) is 52.1 Å². The summed E-state index contributed by atoms with van der Waals surface area (Å²) in [5, 5.41) is 10.6. The summed E-state index contributed by atoms with van der Waals surface area (Å²) in [7, 11) is 0. The van der Waals surface area contributed by atoms with Crippen molar-refractivity contribution >= 4 is 5.78 Å². The minimum Gasteiger partial charge on any atom is -0.386 e.